The molecule has 381 valence electrons. The Kier molecular flexibility index (Phi) is 16.2. The van der Waals surface area contributed by atoms with Crippen LogP contribution in [0, 0.1) is 34.9 Å². The first-order valence-electron chi connectivity index (χ1n) is 26.1. The Labute approximate surface area is 454 Å². The van der Waals surface area contributed by atoms with Gasteiger partial charge in [0.2, 0.25) is 5.82 Å². The quantitative estimate of drug-likeness (QED) is 0.0837. The minimum Gasteiger partial charge on any atom is -0.379 e. The normalized spacial score (nSPS) is 11.5. The smallest absolute Gasteiger partial charge is 0.247 e. The maximum atomic E-state index is 4.93. The Morgan fingerprint density at radius 3 is 1.57 bits per heavy atom. The van der Waals surface area contributed by atoms with E-state index in [1.165, 1.54) is 60.8 Å². The van der Waals surface area contributed by atoms with Gasteiger partial charge in [-0.25, -0.2) is 0 Å². The van der Waals surface area contributed by atoms with Crippen molar-refractivity contribution in [1.29, 1.82) is 0 Å². The van der Waals surface area contributed by atoms with Gasteiger partial charge in [0.15, 0.2) is 0 Å². The second-order valence-electron chi connectivity index (χ2n) is 20.9. The van der Waals surface area contributed by atoms with Crippen LogP contribution in [0.25, 0.3) is 61.7 Å². The van der Waals surface area contributed by atoms with Gasteiger partial charge in [0, 0.05) is 49.1 Å². The average Bonchev–Trinajstić information content (AvgIpc) is 4.02. The van der Waals surface area contributed by atoms with Crippen molar-refractivity contribution in [3.05, 3.63) is 242 Å². The summed E-state index contributed by atoms with van der Waals surface area (Å²) in [4.78, 5) is 0. The molecule has 0 spiro atoms. The summed E-state index contributed by atoms with van der Waals surface area (Å²) in [5.74, 6) is 4.85. The van der Waals surface area contributed by atoms with Crippen LogP contribution in [0.3, 0.4) is 0 Å². The van der Waals surface area contributed by atoms with Crippen LogP contribution < -0.4 is 9.25 Å². The fraction of sp³-hybridized carbons (Fsp3) is 0.239. The van der Waals surface area contributed by atoms with Gasteiger partial charge in [0.25, 0.3) is 0 Å². The van der Waals surface area contributed by atoms with Gasteiger partial charge in [-0.05, 0) is 100 Å². The maximum absolute atomic E-state index is 4.93. The van der Waals surface area contributed by atoms with Crippen molar-refractivity contribution in [1.82, 2.24) is 18.8 Å². The van der Waals surface area contributed by atoms with Crippen LogP contribution >= 0.6 is 0 Å². The number of hydrogen-bond acceptors (Lipinski definition) is 1. The predicted molar refractivity (Wildman–Crippen MR) is 305 cm³/mol. The van der Waals surface area contributed by atoms with Crippen LogP contribution in [-0.4, -0.2) is 18.8 Å². The average molecular weight is 1150 g/mol. The van der Waals surface area contributed by atoms with Gasteiger partial charge in [-0.3, -0.25) is 9.25 Å². The number of fused-ring (bicyclic) bond motifs is 3. The van der Waals surface area contributed by atoms with E-state index in [2.05, 4.69) is 250 Å². The largest absolute Gasteiger partial charge is 0.379 e. The van der Waals surface area contributed by atoms with E-state index in [0.717, 1.165) is 70.5 Å². The second kappa shape index (κ2) is 22.5. The maximum Gasteiger partial charge on any atom is 0.247 e. The molecule has 3 aromatic heterocycles. The van der Waals surface area contributed by atoms with Gasteiger partial charge in [0.1, 0.15) is 18.2 Å². The summed E-state index contributed by atoms with van der Waals surface area (Å²) in [6, 6.07) is 54.1. The van der Waals surface area contributed by atoms with Crippen LogP contribution in [0.1, 0.15) is 129 Å². The van der Waals surface area contributed by atoms with E-state index in [1.807, 2.05) is 22.9 Å². The van der Waals surface area contributed by atoms with Crippen LogP contribution in [0.15, 0.2) is 164 Å². The molecular formula is C67H72IrN6-2. The Bertz CT molecular complexity index is 3470. The number of para-hydroxylation sites is 2. The minimum atomic E-state index is 0. The van der Waals surface area contributed by atoms with Gasteiger partial charge in [-0.15, -0.1) is 29.8 Å². The van der Waals surface area contributed by atoms with E-state index < -0.39 is 0 Å². The standard InChI is InChI=1S/C36H36N3.C31H36N3.Ir/c1-24(2)28-14-11-15-29(25(3)4)33(28)23-38-21-20-37(6)36(38)30-19-18-27(22-26(30)5)39-34-16-9-7-12-31(34)32-13-8-10-17-35(32)39;1-21(2)25-17-12-18-26(22(3)4)29(25)19-20-34-30(27-15-10-8-13-23(27)5)32-33(7)31(34)28-16-11-9-14-24(28)6;/h7-22,24-25H,5-6,23H2,1-4H3;8-18,21-22H,6-7,19-20H2,1-5H3;/q2*-1;. The fourth-order valence-corrected chi connectivity index (χ4v) is 11.0. The van der Waals surface area contributed by atoms with Crippen LogP contribution in [0.5, 0.6) is 0 Å². The zero-order valence-corrected chi connectivity index (χ0v) is 47.3. The summed E-state index contributed by atoms with van der Waals surface area (Å²) in [5, 5.41) is 7.45. The molecule has 0 aliphatic heterocycles. The summed E-state index contributed by atoms with van der Waals surface area (Å²) < 4.78 is 10.7. The third-order valence-electron chi connectivity index (χ3n) is 14.7. The third kappa shape index (κ3) is 10.3. The van der Waals surface area contributed by atoms with E-state index in [0.29, 0.717) is 23.7 Å². The van der Waals surface area contributed by atoms with Gasteiger partial charge in [-0.1, -0.05) is 176 Å². The van der Waals surface area contributed by atoms with Crippen molar-refractivity contribution >= 4 is 21.8 Å². The number of benzene rings is 7. The molecule has 0 fully saturated rings. The number of rotatable bonds is 13. The molecule has 10 aromatic rings. The molecule has 6 nitrogen and oxygen atoms in total. The van der Waals surface area contributed by atoms with Crippen molar-refractivity contribution in [3.8, 4) is 39.9 Å². The number of aromatic nitrogens is 6. The van der Waals surface area contributed by atoms with E-state index in [1.54, 1.807) is 4.68 Å². The molecule has 0 aliphatic carbocycles. The first-order chi connectivity index (χ1) is 35.1. The van der Waals surface area contributed by atoms with Gasteiger partial charge in [-0.2, -0.15) is 31.0 Å². The molecule has 0 saturated heterocycles. The summed E-state index contributed by atoms with van der Waals surface area (Å²) in [5.41, 5.74) is 18.5. The van der Waals surface area contributed by atoms with Crippen LogP contribution in [0.4, 0.5) is 0 Å². The molecule has 7 heteroatoms. The zero-order valence-electron chi connectivity index (χ0n) is 44.9. The van der Waals surface area contributed by atoms with E-state index in [4.69, 9.17) is 5.10 Å². The van der Waals surface area contributed by atoms with Crippen molar-refractivity contribution in [2.45, 2.75) is 105 Å². The van der Waals surface area contributed by atoms with Crippen molar-refractivity contribution in [3.63, 3.8) is 0 Å². The molecular weight excluding hydrogens is 1080 g/mol. The molecule has 10 rings (SSSR count). The SMILES string of the molecule is [CH2-]c1cc(-n2c3ccccc3c3ccccc32)ccc1-c1n(Cc2c(C(C)C)cccc2C(C)C)cc[n+]1[CH2-].[CH2-]c1ccccc1-c1n(CCc2c(C(C)C)cccc2C(C)C)c(-c2ccccc2C)n[n+]1[CH2-].[Ir]. The molecule has 3 heterocycles. The third-order valence-corrected chi connectivity index (χ3v) is 14.7. The summed E-state index contributed by atoms with van der Waals surface area (Å²) in [6.07, 6.45) is 5.12. The first-order valence-corrected chi connectivity index (χ1v) is 26.1. The number of hydrogen-bond donors (Lipinski definition) is 0. The Morgan fingerprint density at radius 1 is 0.527 bits per heavy atom. The Balaban J connectivity index is 0.000000196. The van der Waals surface area contributed by atoms with Gasteiger partial charge in [0.05, 0.1) is 23.8 Å². The van der Waals surface area contributed by atoms with Gasteiger partial charge < -0.3 is 13.7 Å². The molecule has 0 aliphatic rings. The van der Waals surface area contributed by atoms with E-state index in [-0.39, 0.29) is 20.1 Å². The molecule has 74 heavy (non-hydrogen) atoms. The molecule has 0 N–H and O–H groups in total. The Hall–Kier alpha value is -7.18. The topological polar surface area (TPSA) is 35.4 Å². The summed E-state index contributed by atoms with van der Waals surface area (Å²) in [6.45, 7) is 30.8. The van der Waals surface area contributed by atoms with Crippen molar-refractivity contribution < 1.29 is 29.4 Å². The van der Waals surface area contributed by atoms with E-state index >= 15 is 0 Å². The molecule has 0 saturated carbocycles. The Morgan fingerprint density at radius 2 is 1.03 bits per heavy atom. The van der Waals surface area contributed by atoms with Crippen LogP contribution in [0.2, 0.25) is 0 Å². The fourth-order valence-electron chi connectivity index (χ4n) is 11.0. The van der Waals surface area contributed by atoms with Crippen molar-refractivity contribution in [2.75, 3.05) is 0 Å². The number of nitrogens with zero attached hydrogens (tertiary/aromatic N) is 6. The predicted octanol–water partition coefficient (Wildman–Crippen LogP) is 15.8. The number of imidazole rings is 1. The zero-order chi connectivity index (χ0) is 51.7. The molecule has 0 amide bonds. The molecule has 7 aromatic carbocycles. The minimum absolute atomic E-state index is 0. The molecule has 0 unspecified atom stereocenters. The summed E-state index contributed by atoms with van der Waals surface area (Å²) >= 11 is 0. The first kappa shape index (κ1) is 53.1. The molecule has 1 radical (unpaired) electrons. The monoisotopic (exact) mass is 1150 g/mol. The van der Waals surface area contributed by atoms with E-state index in [9.17, 15) is 0 Å². The van der Waals surface area contributed by atoms with Crippen molar-refractivity contribution in [2.24, 2.45) is 0 Å². The van der Waals surface area contributed by atoms with Gasteiger partial charge >= 0.3 is 0 Å². The number of aryl methyl sites for hydroxylation is 1. The second-order valence-corrected chi connectivity index (χ2v) is 20.9. The summed E-state index contributed by atoms with van der Waals surface area (Å²) in [7, 11) is 8.61. The molecule has 0 bridgehead atoms. The van der Waals surface area contributed by atoms with Crippen LogP contribution in [-0.2, 0) is 39.6 Å². The molecule has 0 atom stereocenters.